The first-order valence-corrected chi connectivity index (χ1v) is 42.9. The average Bonchev–Trinajstić information content (AvgIpc) is 1.51. The highest BCUT2D eigenvalue weighted by Gasteiger charge is 2.46. The van der Waals surface area contributed by atoms with E-state index in [4.69, 9.17) is 8.83 Å². The Hall–Kier alpha value is -13.0. The second kappa shape index (κ2) is 26.7. The summed E-state index contributed by atoms with van der Waals surface area (Å²) < 4.78 is 15.1. The molecule has 120 heavy (non-hydrogen) atoms. The van der Waals surface area contributed by atoms with Crippen LogP contribution in [0.3, 0.4) is 0 Å². The van der Waals surface area contributed by atoms with Crippen molar-refractivity contribution in [2.24, 2.45) is 0 Å². The van der Waals surface area contributed by atoms with E-state index in [0.717, 1.165) is 94.7 Å². The first-order chi connectivity index (χ1) is 57.6. The van der Waals surface area contributed by atoms with Crippen molar-refractivity contribution in [3.8, 4) is 66.8 Å². The predicted molar refractivity (Wildman–Crippen MR) is 512 cm³/mol. The van der Waals surface area contributed by atoms with Crippen LogP contribution in [0.25, 0.3) is 154 Å². The van der Waals surface area contributed by atoms with E-state index in [9.17, 15) is 0 Å². The van der Waals surface area contributed by atoms with Gasteiger partial charge in [0.15, 0.2) is 5.58 Å². The van der Waals surface area contributed by atoms with Crippen molar-refractivity contribution in [1.29, 1.82) is 0 Å². The normalized spacial score (nSPS) is 13.8. The summed E-state index contributed by atoms with van der Waals surface area (Å²) in [6, 6.07) is 119. The first kappa shape index (κ1) is 74.5. The summed E-state index contributed by atoms with van der Waals surface area (Å²) in [5.74, 6) is 0. The molecule has 0 N–H and O–H groups in total. The zero-order valence-corrected chi connectivity index (χ0v) is 71.7. The Labute approximate surface area is 705 Å². The third-order valence-electron chi connectivity index (χ3n) is 26.8. The molecule has 4 nitrogen and oxygen atoms in total. The Bertz CT molecular complexity index is 7180. The molecular weight excluding hydrogens is 1450 g/mol. The van der Waals surface area contributed by atoms with Crippen molar-refractivity contribution >= 4 is 121 Å². The molecule has 4 heteroatoms. The number of para-hydroxylation sites is 2. The van der Waals surface area contributed by atoms with Crippen LogP contribution in [0.2, 0.25) is 0 Å². The summed E-state index contributed by atoms with van der Waals surface area (Å²) in [4.78, 5) is 4.96. The molecule has 2 aliphatic carbocycles. The minimum Gasteiger partial charge on any atom is -0.455 e. The molecule has 17 aromatic carbocycles. The van der Waals surface area contributed by atoms with E-state index in [1.54, 1.807) is 0 Å². The van der Waals surface area contributed by atoms with Crippen LogP contribution < -0.4 is 9.80 Å². The van der Waals surface area contributed by atoms with E-state index in [1.165, 1.54) is 138 Å². The molecule has 0 unspecified atom stereocenters. The molecule has 2 aliphatic rings. The number of nitrogens with zero attached hydrogens (tertiary/aromatic N) is 2. The maximum absolute atomic E-state index is 7.56. The number of furan rings is 2. The molecule has 0 bridgehead atoms. The van der Waals surface area contributed by atoms with Crippen LogP contribution in [-0.4, -0.2) is 0 Å². The van der Waals surface area contributed by atoms with Gasteiger partial charge in [0, 0.05) is 55.3 Å². The van der Waals surface area contributed by atoms with Crippen LogP contribution in [0.15, 0.2) is 324 Å². The van der Waals surface area contributed by atoms with Gasteiger partial charge in [-0.1, -0.05) is 341 Å². The third-order valence-corrected chi connectivity index (χ3v) is 26.8. The lowest BCUT2D eigenvalue weighted by molar-refractivity contribution is 0.595. The summed E-state index contributed by atoms with van der Waals surface area (Å²) in [5, 5.41) is 14.5. The van der Waals surface area contributed by atoms with Crippen molar-refractivity contribution < 1.29 is 8.83 Å². The zero-order valence-electron chi connectivity index (χ0n) is 71.7. The van der Waals surface area contributed by atoms with Crippen molar-refractivity contribution in [2.45, 2.75) is 143 Å². The van der Waals surface area contributed by atoms with E-state index >= 15 is 0 Å². The highest BCUT2D eigenvalue weighted by Crippen LogP contribution is 2.63. The molecule has 0 spiro atoms. The fraction of sp³-hybridized carbons (Fsp3) is 0.190. The van der Waals surface area contributed by atoms with Crippen LogP contribution in [-0.2, 0) is 32.5 Å². The van der Waals surface area contributed by atoms with Crippen LogP contribution in [0.4, 0.5) is 34.1 Å². The molecule has 0 fully saturated rings. The number of rotatable bonds is 10. The van der Waals surface area contributed by atoms with Gasteiger partial charge in [0.1, 0.15) is 16.7 Å². The monoisotopic (exact) mass is 1550 g/mol. The Morgan fingerprint density at radius 1 is 0.225 bits per heavy atom. The van der Waals surface area contributed by atoms with Crippen LogP contribution in [0.1, 0.15) is 155 Å². The Balaban J connectivity index is 0.741. The second-order valence-electron chi connectivity index (χ2n) is 39.1. The molecule has 0 aliphatic heterocycles. The molecule has 0 saturated heterocycles. The minimum atomic E-state index is -0.511. The minimum absolute atomic E-state index is 0.0188. The fourth-order valence-corrected chi connectivity index (χ4v) is 20.8. The molecular formula is C116H100N2O2. The molecule has 21 rings (SSSR count). The number of hydrogen-bond acceptors (Lipinski definition) is 4. The second-order valence-corrected chi connectivity index (χ2v) is 39.1. The van der Waals surface area contributed by atoms with Crippen LogP contribution in [0, 0.1) is 0 Å². The van der Waals surface area contributed by atoms with Crippen molar-refractivity contribution in [3.05, 3.63) is 360 Å². The predicted octanol–water partition coefficient (Wildman–Crippen LogP) is 33.5. The van der Waals surface area contributed by atoms with Gasteiger partial charge in [0.05, 0.1) is 16.8 Å². The van der Waals surface area contributed by atoms with Gasteiger partial charge in [-0.15, -0.1) is 0 Å². The molecule has 2 aromatic heterocycles. The van der Waals surface area contributed by atoms with Gasteiger partial charge in [-0.2, -0.15) is 0 Å². The summed E-state index contributed by atoms with van der Waals surface area (Å²) in [6.45, 7) is 37.5. The van der Waals surface area contributed by atoms with Gasteiger partial charge in [0.25, 0.3) is 0 Å². The lowest BCUT2D eigenvalue weighted by Crippen LogP contribution is -2.18. The molecule has 19 aromatic rings. The third kappa shape index (κ3) is 11.6. The molecule has 0 saturated carbocycles. The van der Waals surface area contributed by atoms with Gasteiger partial charge in [-0.3, -0.25) is 0 Å². The smallest absolute Gasteiger partial charge is 0.160 e. The van der Waals surface area contributed by atoms with Crippen LogP contribution in [0.5, 0.6) is 0 Å². The fourth-order valence-electron chi connectivity index (χ4n) is 20.8. The summed E-state index contributed by atoms with van der Waals surface area (Å²) in [7, 11) is 0. The Morgan fingerprint density at radius 3 is 0.825 bits per heavy atom. The zero-order chi connectivity index (χ0) is 82.6. The maximum atomic E-state index is 7.56. The van der Waals surface area contributed by atoms with Crippen molar-refractivity contribution in [1.82, 2.24) is 0 Å². The van der Waals surface area contributed by atoms with E-state index in [0.29, 0.717) is 0 Å². The van der Waals surface area contributed by atoms with Gasteiger partial charge < -0.3 is 18.6 Å². The van der Waals surface area contributed by atoms with E-state index in [2.05, 4.69) is 436 Å². The summed E-state index contributed by atoms with van der Waals surface area (Å²) in [6.07, 6.45) is 0. The molecule has 0 amide bonds. The van der Waals surface area contributed by atoms with Crippen molar-refractivity contribution in [2.75, 3.05) is 9.80 Å². The summed E-state index contributed by atoms with van der Waals surface area (Å²) >= 11 is 0. The lowest BCUT2D eigenvalue weighted by Gasteiger charge is -2.29. The van der Waals surface area contributed by atoms with E-state index < -0.39 is 10.8 Å². The van der Waals surface area contributed by atoms with Gasteiger partial charge >= 0.3 is 0 Å². The van der Waals surface area contributed by atoms with Gasteiger partial charge in [-0.25, -0.2) is 0 Å². The average molecular weight is 1550 g/mol. The van der Waals surface area contributed by atoms with Gasteiger partial charge in [0.2, 0.25) is 0 Å². The largest absolute Gasteiger partial charge is 0.455 e. The van der Waals surface area contributed by atoms with E-state index in [-0.39, 0.29) is 21.7 Å². The highest BCUT2D eigenvalue weighted by molar-refractivity contribution is 6.22. The van der Waals surface area contributed by atoms with Crippen molar-refractivity contribution in [3.63, 3.8) is 0 Å². The SMILES string of the molecule is CC(C)(C)c1ccc(-c2ccc(N(c3ccc(-c4ccc(C(C)(C)C)c5ccccc45)cc3)c3cc4c(c5c3oc3ccccc35)-c3cc5c(cc3C4(C)C)-c3c(cc(N(c4ccc(-c6ccc(C(C)(C)C)c7ccccc67)cc4)c4ccc(-c6ccc(C(C)(C)C)c7ccccc67)cc4)c4c3oc3ccccc34)C5(C)C)cc2)c2ccccc12. The number of anilines is 6. The number of fused-ring (bicyclic) bond motifs is 18. The Kier molecular flexibility index (Phi) is 16.6. The summed E-state index contributed by atoms with van der Waals surface area (Å²) in [5.41, 5.74) is 33.3. The molecule has 2 heterocycles. The molecule has 0 atom stereocenters. The first-order valence-electron chi connectivity index (χ1n) is 42.9. The molecule has 0 radical (unpaired) electrons. The number of benzene rings is 17. The lowest BCUT2D eigenvalue weighted by atomic mass is 9.79. The number of hydrogen-bond donors (Lipinski definition) is 0. The van der Waals surface area contributed by atoms with Gasteiger partial charge in [-0.05, 0) is 255 Å². The quantitative estimate of drug-likeness (QED) is 0.137. The highest BCUT2D eigenvalue weighted by atomic mass is 16.3. The Morgan fingerprint density at radius 2 is 0.492 bits per heavy atom. The van der Waals surface area contributed by atoms with E-state index in [1.807, 2.05) is 0 Å². The molecule has 586 valence electrons. The van der Waals surface area contributed by atoms with Crippen LogP contribution >= 0.6 is 0 Å². The topological polar surface area (TPSA) is 32.8 Å². The standard InChI is InChI=1S/C116H100N2O2/c1-111(2,3)93-61-57-77(81-29-17-21-33-85(81)93)69-41-49-73(50-42-69)117(74-51-43-70(44-52-74)78-58-62-94(112(4,5)6)86-34-22-18-30-82(78)86)101-67-100-106(110-107(101)89-37-25-27-39-103(89)120-110)92-66-97-91(65-98(92)116(100,15)16)105-99(115(97,13)14)68-102(109-108(105)90-38-26-28-40-104(90)119-109)118(75-53-45-71(46-54-75)79-59-63-95(113(7,8)9)87-35-23-19-31-83(79)87)76-55-47-72(48-56-76)80-60-64-96(114(10,11)12)88-36-24-20-32-84(80)88/h17-68H,1-16H3. The maximum Gasteiger partial charge on any atom is 0.160 e.